The number of aliphatic hydroxyl groups is 2. The number of aromatic nitrogens is 1. The number of carbonyl (C=O) groups is 1. The quantitative estimate of drug-likeness (QED) is 0.394. The highest BCUT2D eigenvalue weighted by atomic mass is 16.5. The largest absolute Gasteiger partial charge is 0.469 e. The Morgan fingerprint density at radius 1 is 1.26 bits per heavy atom. The van der Waals surface area contributed by atoms with Crippen LogP contribution in [0, 0.1) is 0 Å². The number of allylic oxidation sites excluding steroid dienone is 2. The lowest BCUT2D eigenvalue weighted by molar-refractivity contribution is -0.140. The summed E-state index contributed by atoms with van der Waals surface area (Å²) in [6, 6.07) is 5.42. The second-order valence-electron chi connectivity index (χ2n) is 5.17. The van der Waals surface area contributed by atoms with E-state index in [0.29, 0.717) is 25.0 Å². The molecule has 0 radical (unpaired) electrons. The molecule has 0 aliphatic rings. The van der Waals surface area contributed by atoms with Crippen LogP contribution in [-0.4, -0.2) is 34.4 Å². The standard InChI is InChI=1S/C18H25NO4/c1-23-18(22)13-8-10-15(20)9-4-2-3-5-12-17(21)16-11-6-7-14-19-16/h4-7,9,11-12,14-15,17,20-21H,2-3,8,10,13H2,1H3. The molecule has 0 amide bonds. The Balaban J connectivity index is 2.16. The van der Waals surface area contributed by atoms with Crippen molar-refractivity contribution in [2.24, 2.45) is 0 Å². The molecule has 0 spiro atoms. The third-order valence-corrected chi connectivity index (χ3v) is 3.28. The Morgan fingerprint density at radius 3 is 2.65 bits per heavy atom. The van der Waals surface area contributed by atoms with Crippen molar-refractivity contribution in [2.75, 3.05) is 7.11 Å². The maximum Gasteiger partial charge on any atom is 0.305 e. The maximum absolute atomic E-state index is 10.9. The van der Waals surface area contributed by atoms with Crippen molar-refractivity contribution in [1.82, 2.24) is 4.98 Å². The van der Waals surface area contributed by atoms with Gasteiger partial charge in [-0.2, -0.15) is 0 Å². The van der Waals surface area contributed by atoms with Gasteiger partial charge in [-0.05, 0) is 37.8 Å². The van der Waals surface area contributed by atoms with Crippen LogP contribution < -0.4 is 0 Å². The fraction of sp³-hybridized carbons (Fsp3) is 0.444. The van der Waals surface area contributed by atoms with Crippen LogP contribution in [0.4, 0.5) is 0 Å². The molecule has 23 heavy (non-hydrogen) atoms. The first-order valence-electron chi connectivity index (χ1n) is 7.80. The minimum atomic E-state index is -0.691. The molecule has 0 aliphatic heterocycles. The molecule has 1 rings (SSSR count). The van der Waals surface area contributed by atoms with Gasteiger partial charge in [-0.1, -0.05) is 30.4 Å². The molecule has 0 saturated heterocycles. The van der Waals surface area contributed by atoms with Crippen LogP contribution in [0.2, 0.25) is 0 Å². The van der Waals surface area contributed by atoms with Crippen molar-refractivity contribution in [3.63, 3.8) is 0 Å². The summed E-state index contributed by atoms with van der Waals surface area (Å²) in [5, 5.41) is 19.6. The van der Waals surface area contributed by atoms with E-state index in [1.165, 1.54) is 7.11 Å². The molecule has 126 valence electrons. The summed E-state index contributed by atoms with van der Waals surface area (Å²) >= 11 is 0. The zero-order valence-corrected chi connectivity index (χ0v) is 13.5. The summed E-state index contributed by atoms with van der Waals surface area (Å²) < 4.78 is 4.54. The van der Waals surface area contributed by atoms with Crippen molar-refractivity contribution < 1.29 is 19.7 Å². The van der Waals surface area contributed by atoms with Crippen LogP contribution in [-0.2, 0) is 9.53 Å². The molecule has 2 atom stereocenters. The molecule has 0 fully saturated rings. The molecular formula is C18H25NO4. The van der Waals surface area contributed by atoms with E-state index in [4.69, 9.17) is 0 Å². The van der Waals surface area contributed by atoms with Gasteiger partial charge in [0.2, 0.25) is 0 Å². The molecule has 1 aromatic heterocycles. The van der Waals surface area contributed by atoms with Gasteiger partial charge in [-0.25, -0.2) is 0 Å². The van der Waals surface area contributed by atoms with E-state index in [0.717, 1.165) is 12.8 Å². The average Bonchev–Trinajstić information content (AvgIpc) is 2.58. The van der Waals surface area contributed by atoms with E-state index < -0.39 is 12.2 Å². The van der Waals surface area contributed by atoms with Crippen LogP contribution in [0.5, 0.6) is 0 Å². The Kier molecular flexibility index (Phi) is 9.59. The van der Waals surface area contributed by atoms with Gasteiger partial charge in [0.05, 0.1) is 18.9 Å². The van der Waals surface area contributed by atoms with Crippen LogP contribution in [0.15, 0.2) is 48.7 Å². The van der Waals surface area contributed by atoms with Crippen LogP contribution in [0.3, 0.4) is 0 Å². The summed E-state index contributed by atoms with van der Waals surface area (Å²) in [6.45, 7) is 0. The molecule has 0 bridgehead atoms. The Hall–Kier alpha value is -1.98. The van der Waals surface area contributed by atoms with Crippen LogP contribution >= 0.6 is 0 Å². The highest BCUT2D eigenvalue weighted by Crippen LogP contribution is 2.11. The molecule has 0 aromatic carbocycles. The van der Waals surface area contributed by atoms with Crippen LogP contribution in [0.1, 0.15) is 43.9 Å². The molecule has 5 heteroatoms. The highest BCUT2D eigenvalue weighted by Gasteiger charge is 2.04. The van der Waals surface area contributed by atoms with Crippen molar-refractivity contribution in [2.45, 2.75) is 44.3 Å². The van der Waals surface area contributed by atoms with Gasteiger partial charge in [-0.3, -0.25) is 9.78 Å². The highest BCUT2D eigenvalue weighted by molar-refractivity contribution is 5.68. The number of ether oxygens (including phenoxy) is 1. The first kappa shape index (κ1) is 19.1. The molecule has 0 saturated carbocycles. The first-order chi connectivity index (χ1) is 11.1. The van der Waals surface area contributed by atoms with Gasteiger partial charge in [0, 0.05) is 12.6 Å². The lowest BCUT2D eigenvalue weighted by Crippen LogP contribution is -2.05. The summed E-state index contributed by atoms with van der Waals surface area (Å²) in [5.74, 6) is -0.252. The predicted molar refractivity (Wildman–Crippen MR) is 88.6 cm³/mol. The van der Waals surface area contributed by atoms with Gasteiger partial charge in [0.1, 0.15) is 6.10 Å². The summed E-state index contributed by atoms with van der Waals surface area (Å²) in [4.78, 5) is 15.0. The fourth-order valence-corrected chi connectivity index (χ4v) is 1.97. The number of unbranched alkanes of at least 4 members (excludes halogenated alkanes) is 1. The lowest BCUT2D eigenvalue weighted by Gasteiger charge is -2.04. The van der Waals surface area contributed by atoms with Gasteiger partial charge in [0.15, 0.2) is 0 Å². The first-order valence-corrected chi connectivity index (χ1v) is 7.80. The van der Waals surface area contributed by atoms with Crippen molar-refractivity contribution in [1.29, 1.82) is 0 Å². The van der Waals surface area contributed by atoms with Crippen molar-refractivity contribution in [3.8, 4) is 0 Å². The number of nitrogens with zero attached hydrogens (tertiary/aromatic N) is 1. The number of pyridine rings is 1. The zero-order valence-electron chi connectivity index (χ0n) is 13.5. The number of rotatable bonds is 10. The van der Waals surface area contributed by atoms with E-state index in [2.05, 4.69) is 9.72 Å². The Morgan fingerprint density at radius 2 is 2.00 bits per heavy atom. The molecule has 0 aliphatic carbocycles. The monoisotopic (exact) mass is 319 g/mol. The molecule has 2 N–H and O–H groups in total. The Labute approximate surface area is 137 Å². The van der Waals surface area contributed by atoms with E-state index in [1.54, 1.807) is 30.5 Å². The molecule has 2 unspecified atom stereocenters. The van der Waals surface area contributed by atoms with Gasteiger partial charge in [0.25, 0.3) is 0 Å². The summed E-state index contributed by atoms with van der Waals surface area (Å²) in [6.07, 6.45) is 10.7. The third kappa shape index (κ3) is 8.90. The lowest BCUT2D eigenvalue weighted by atomic mass is 10.1. The average molecular weight is 319 g/mol. The number of esters is 1. The molecule has 5 nitrogen and oxygen atoms in total. The van der Waals surface area contributed by atoms with Crippen LogP contribution in [0.25, 0.3) is 0 Å². The number of carbonyl (C=O) groups excluding carboxylic acids is 1. The minimum Gasteiger partial charge on any atom is -0.469 e. The van der Waals surface area contributed by atoms with Gasteiger partial charge < -0.3 is 14.9 Å². The van der Waals surface area contributed by atoms with E-state index in [9.17, 15) is 15.0 Å². The normalized spacial score (nSPS) is 14.2. The number of hydrogen-bond acceptors (Lipinski definition) is 5. The number of hydrogen-bond donors (Lipinski definition) is 2. The Bertz CT molecular complexity index is 499. The van der Waals surface area contributed by atoms with E-state index in [-0.39, 0.29) is 5.97 Å². The smallest absolute Gasteiger partial charge is 0.305 e. The third-order valence-electron chi connectivity index (χ3n) is 3.28. The molecular weight excluding hydrogens is 294 g/mol. The topological polar surface area (TPSA) is 79.7 Å². The van der Waals surface area contributed by atoms with Crippen molar-refractivity contribution in [3.05, 3.63) is 54.4 Å². The van der Waals surface area contributed by atoms with Crippen molar-refractivity contribution >= 4 is 5.97 Å². The maximum atomic E-state index is 10.9. The minimum absolute atomic E-state index is 0.252. The summed E-state index contributed by atoms with van der Waals surface area (Å²) in [7, 11) is 1.36. The van der Waals surface area contributed by atoms with E-state index in [1.807, 2.05) is 18.2 Å². The zero-order chi connectivity index (χ0) is 16.9. The molecule has 1 heterocycles. The second-order valence-corrected chi connectivity index (χ2v) is 5.17. The number of methoxy groups -OCH3 is 1. The SMILES string of the molecule is COC(=O)CCCC(O)C=CCCC=CC(O)c1ccccn1. The van der Waals surface area contributed by atoms with Gasteiger partial charge in [-0.15, -0.1) is 0 Å². The predicted octanol–water partition coefficient (Wildman–Crippen LogP) is 2.71. The fourth-order valence-electron chi connectivity index (χ4n) is 1.97. The van der Waals surface area contributed by atoms with Gasteiger partial charge >= 0.3 is 5.97 Å². The number of aliphatic hydroxyl groups excluding tert-OH is 2. The summed E-state index contributed by atoms with van der Waals surface area (Å²) in [5.41, 5.74) is 0.625. The van der Waals surface area contributed by atoms with E-state index >= 15 is 0 Å². The molecule has 1 aromatic rings. The second kappa shape index (κ2) is 11.6.